The topological polar surface area (TPSA) is 76.6 Å². The zero-order valence-electron chi connectivity index (χ0n) is 18.0. The molecule has 4 rings (SSSR count). The van der Waals surface area contributed by atoms with Crippen LogP contribution in [-0.2, 0) is 4.79 Å². The van der Waals surface area contributed by atoms with Crippen molar-refractivity contribution < 1.29 is 14.3 Å². The van der Waals surface area contributed by atoms with Gasteiger partial charge >= 0.3 is 0 Å². The summed E-state index contributed by atoms with van der Waals surface area (Å²) < 4.78 is 11.9. The molecule has 0 bridgehead atoms. The van der Waals surface area contributed by atoms with Gasteiger partial charge in [-0.3, -0.25) is 4.79 Å². The van der Waals surface area contributed by atoms with Crippen LogP contribution < -0.4 is 20.1 Å². The van der Waals surface area contributed by atoms with Gasteiger partial charge in [0.1, 0.15) is 18.2 Å². The lowest BCUT2D eigenvalue weighted by atomic mass is 10.1. The first-order chi connectivity index (χ1) is 15.9. The lowest BCUT2D eigenvalue weighted by molar-refractivity contribution is -0.127. The van der Waals surface area contributed by atoms with Crippen LogP contribution in [0.2, 0.25) is 10.0 Å². The Labute approximate surface area is 204 Å². The van der Waals surface area contributed by atoms with Crippen LogP contribution in [0, 0.1) is 0 Å². The molecule has 0 aliphatic carbocycles. The number of piperidine rings is 1. The van der Waals surface area contributed by atoms with Gasteiger partial charge in [-0.05, 0) is 24.3 Å². The number of hydrogen-bond donors (Lipinski definition) is 1. The van der Waals surface area contributed by atoms with E-state index in [1.54, 1.807) is 18.1 Å². The first-order valence-corrected chi connectivity index (χ1v) is 11.7. The van der Waals surface area contributed by atoms with Crippen molar-refractivity contribution in [1.29, 1.82) is 0 Å². The molecule has 1 saturated heterocycles. The molecule has 1 atom stereocenters. The molecule has 7 nitrogen and oxygen atoms in total. The average molecular weight is 505 g/mol. The number of benzene rings is 2. The summed E-state index contributed by atoms with van der Waals surface area (Å²) in [5, 5.41) is 5.74. The number of nitrogens with one attached hydrogen (secondary N) is 1. The highest BCUT2D eigenvalue weighted by Gasteiger charge is 2.24. The Hall–Kier alpha value is -2.60. The number of anilines is 2. The van der Waals surface area contributed by atoms with E-state index >= 15 is 0 Å². The fourth-order valence-electron chi connectivity index (χ4n) is 3.72. The smallest absolute Gasteiger partial charge is 0.245 e. The second-order valence-corrected chi connectivity index (χ2v) is 8.90. The normalized spacial score (nSPS) is 14.2. The number of nitrogens with zero attached hydrogens (tertiary/aromatic N) is 3. The molecular formula is C23H23Cl2N4O3P. The molecule has 0 spiro atoms. The molecule has 33 heavy (non-hydrogen) atoms. The lowest BCUT2D eigenvalue weighted by Gasteiger charge is -2.31. The van der Waals surface area contributed by atoms with Crippen molar-refractivity contribution in [3.8, 4) is 11.5 Å². The highest BCUT2D eigenvalue weighted by atomic mass is 35.5. The van der Waals surface area contributed by atoms with E-state index in [1.165, 1.54) is 12.4 Å². The number of methoxy groups -OCH3 is 1. The zero-order chi connectivity index (χ0) is 23.5. The number of amides is 1. The second kappa shape index (κ2) is 10.1. The summed E-state index contributed by atoms with van der Waals surface area (Å²) in [4.78, 5) is 22.4. The Kier molecular flexibility index (Phi) is 7.23. The number of rotatable bonds is 6. The zero-order valence-corrected chi connectivity index (χ0v) is 20.6. The molecule has 10 heteroatoms. The average Bonchev–Trinajstić information content (AvgIpc) is 2.84. The highest BCUT2D eigenvalue weighted by molar-refractivity contribution is 7.28. The molecule has 0 saturated carbocycles. The SMILES string of the molecule is C=CC(=O)N1CCC(Oc2cc3c(Nc4ccc(Cl)c(Cl)c4P)ncnc3cc2OC)CC1. The quantitative estimate of drug-likeness (QED) is 0.385. The monoisotopic (exact) mass is 504 g/mol. The largest absolute Gasteiger partial charge is 0.493 e. The van der Waals surface area contributed by atoms with E-state index < -0.39 is 0 Å². The number of carbonyl (C=O) groups excluding carboxylic acids is 1. The maximum Gasteiger partial charge on any atom is 0.245 e. The van der Waals surface area contributed by atoms with E-state index in [0.717, 1.165) is 29.2 Å². The fourth-order valence-corrected chi connectivity index (χ4v) is 4.47. The third kappa shape index (κ3) is 5.01. The molecule has 2 aromatic carbocycles. The van der Waals surface area contributed by atoms with Gasteiger partial charge in [0, 0.05) is 48.4 Å². The van der Waals surface area contributed by atoms with Gasteiger partial charge in [0.25, 0.3) is 0 Å². The molecule has 0 radical (unpaired) electrons. The van der Waals surface area contributed by atoms with Gasteiger partial charge in [-0.25, -0.2) is 9.97 Å². The molecule has 1 aromatic heterocycles. The van der Waals surface area contributed by atoms with Crippen LogP contribution in [0.1, 0.15) is 12.8 Å². The number of aromatic nitrogens is 2. The van der Waals surface area contributed by atoms with Gasteiger partial charge < -0.3 is 19.7 Å². The first-order valence-electron chi connectivity index (χ1n) is 10.3. The molecule has 1 aliphatic heterocycles. The number of fused-ring (bicyclic) bond motifs is 1. The summed E-state index contributed by atoms with van der Waals surface area (Å²) in [6, 6.07) is 7.26. The third-order valence-corrected chi connectivity index (χ3v) is 7.13. The van der Waals surface area contributed by atoms with E-state index in [9.17, 15) is 4.79 Å². The van der Waals surface area contributed by atoms with E-state index in [2.05, 4.69) is 31.1 Å². The van der Waals surface area contributed by atoms with Crippen molar-refractivity contribution in [3.05, 3.63) is 53.3 Å². The molecule has 172 valence electrons. The molecule has 2 heterocycles. The van der Waals surface area contributed by atoms with E-state index in [1.807, 2.05) is 18.2 Å². The highest BCUT2D eigenvalue weighted by Crippen LogP contribution is 2.36. The van der Waals surface area contributed by atoms with Crippen molar-refractivity contribution in [2.45, 2.75) is 18.9 Å². The minimum Gasteiger partial charge on any atom is -0.493 e. The minimum absolute atomic E-state index is 0.0417. The van der Waals surface area contributed by atoms with Crippen LogP contribution in [0.15, 0.2) is 43.2 Å². The number of hydrogen-bond acceptors (Lipinski definition) is 6. The van der Waals surface area contributed by atoms with Crippen LogP contribution in [0.4, 0.5) is 11.5 Å². The minimum atomic E-state index is -0.0552. The number of halogens is 2. The van der Waals surface area contributed by atoms with Crippen LogP contribution in [0.3, 0.4) is 0 Å². The van der Waals surface area contributed by atoms with Crippen molar-refractivity contribution in [2.75, 3.05) is 25.5 Å². The van der Waals surface area contributed by atoms with E-state index in [0.29, 0.717) is 46.0 Å². The maximum absolute atomic E-state index is 11.8. The molecule has 1 aliphatic rings. The molecule has 1 unspecified atom stereocenters. The Morgan fingerprint density at radius 2 is 2.00 bits per heavy atom. The fraction of sp³-hybridized carbons (Fsp3) is 0.261. The Morgan fingerprint density at radius 3 is 2.70 bits per heavy atom. The Balaban J connectivity index is 1.63. The Bertz CT molecular complexity index is 1220. The van der Waals surface area contributed by atoms with Gasteiger partial charge in [0.2, 0.25) is 5.91 Å². The number of likely N-dealkylation sites (tertiary alicyclic amines) is 1. The molecule has 1 amide bonds. The summed E-state index contributed by atoms with van der Waals surface area (Å²) in [6.45, 7) is 4.80. The van der Waals surface area contributed by atoms with Crippen molar-refractivity contribution >= 4 is 66.1 Å². The molecular weight excluding hydrogens is 482 g/mol. The summed E-state index contributed by atoms with van der Waals surface area (Å²) in [7, 11) is 4.19. The second-order valence-electron chi connectivity index (χ2n) is 7.54. The lowest BCUT2D eigenvalue weighted by Crippen LogP contribution is -2.41. The summed E-state index contributed by atoms with van der Waals surface area (Å²) >= 11 is 12.4. The van der Waals surface area contributed by atoms with Gasteiger partial charge in [0.15, 0.2) is 11.5 Å². The van der Waals surface area contributed by atoms with Crippen LogP contribution >= 0.6 is 32.4 Å². The van der Waals surface area contributed by atoms with Crippen LogP contribution in [0.25, 0.3) is 10.9 Å². The predicted molar refractivity (Wildman–Crippen MR) is 136 cm³/mol. The summed E-state index contributed by atoms with van der Waals surface area (Å²) in [5.74, 6) is 1.72. The van der Waals surface area contributed by atoms with Crippen molar-refractivity contribution in [2.24, 2.45) is 0 Å². The number of carbonyl (C=O) groups is 1. The van der Waals surface area contributed by atoms with Gasteiger partial charge in [0.05, 0.1) is 22.7 Å². The standard InChI is InChI=1S/C23H23Cl2N4O3P/c1-3-20(30)29-8-6-13(7-9-29)32-19-10-14-17(11-18(19)31-2)26-12-27-23(14)28-16-5-4-15(24)21(25)22(16)33/h3-5,10-13H,1,6-9,33H2,2H3,(H,26,27,28). The van der Waals surface area contributed by atoms with Gasteiger partial charge in [-0.2, -0.15) is 0 Å². The maximum atomic E-state index is 11.8. The third-order valence-electron chi connectivity index (χ3n) is 5.53. The van der Waals surface area contributed by atoms with Gasteiger partial charge in [-0.15, -0.1) is 9.24 Å². The Morgan fingerprint density at radius 1 is 1.24 bits per heavy atom. The number of ether oxygens (including phenoxy) is 2. The predicted octanol–water partition coefficient (Wildman–Crippen LogP) is 4.75. The van der Waals surface area contributed by atoms with E-state index in [-0.39, 0.29) is 12.0 Å². The molecule has 1 fully saturated rings. The molecule has 1 N–H and O–H groups in total. The van der Waals surface area contributed by atoms with Crippen molar-refractivity contribution in [3.63, 3.8) is 0 Å². The van der Waals surface area contributed by atoms with Crippen molar-refractivity contribution in [1.82, 2.24) is 14.9 Å². The first kappa shape index (κ1) is 23.6. The van der Waals surface area contributed by atoms with E-state index in [4.69, 9.17) is 32.7 Å². The van der Waals surface area contributed by atoms with Crippen LogP contribution in [-0.4, -0.2) is 47.1 Å². The van der Waals surface area contributed by atoms with Gasteiger partial charge in [-0.1, -0.05) is 29.8 Å². The summed E-state index contributed by atoms with van der Waals surface area (Å²) in [5.41, 5.74) is 1.46. The molecule has 3 aromatic rings. The summed E-state index contributed by atoms with van der Waals surface area (Å²) in [6.07, 6.45) is 4.22. The van der Waals surface area contributed by atoms with Crippen LogP contribution in [0.5, 0.6) is 11.5 Å².